The molecular formula is C14H20N2O2. The number of aryl methyl sites for hydroxylation is 1. The van der Waals surface area contributed by atoms with Crippen LogP contribution in [0.3, 0.4) is 0 Å². The van der Waals surface area contributed by atoms with Gasteiger partial charge in [-0.15, -0.1) is 0 Å². The Balaban J connectivity index is 1.69. The molecule has 0 radical (unpaired) electrons. The van der Waals surface area contributed by atoms with E-state index in [2.05, 4.69) is 10.3 Å². The fourth-order valence-electron chi connectivity index (χ4n) is 2.32. The number of aliphatic hydroxyl groups is 1. The maximum Gasteiger partial charge on any atom is 0.220 e. The van der Waals surface area contributed by atoms with Crippen molar-refractivity contribution in [3.63, 3.8) is 0 Å². The van der Waals surface area contributed by atoms with Crippen molar-refractivity contribution in [3.05, 3.63) is 30.1 Å². The number of nitrogens with one attached hydrogen (secondary N) is 1. The third-order valence-electron chi connectivity index (χ3n) is 3.43. The molecule has 2 N–H and O–H groups in total. The Labute approximate surface area is 107 Å². The van der Waals surface area contributed by atoms with Crippen LogP contribution in [0.25, 0.3) is 0 Å². The van der Waals surface area contributed by atoms with Crippen LogP contribution in [0.2, 0.25) is 0 Å². The van der Waals surface area contributed by atoms with Crippen molar-refractivity contribution in [2.45, 2.75) is 50.7 Å². The van der Waals surface area contributed by atoms with Gasteiger partial charge >= 0.3 is 0 Å². The lowest BCUT2D eigenvalue weighted by molar-refractivity contribution is -0.122. The molecule has 0 unspecified atom stereocenters. The van der Waals surface area contributed by atoms with Crippen molar-refractivity contribution < 1.29 is 9.90 Å². The van der Waals surface area contributed by atoms with Gasteiger partial charge in [0.2, 0.25) is 5.91 Å². The highest BCUT2D eigenvalue weighted by Gasteiger charge is 2.20. The first-order valence-electron chi connectivity index (χ1n) is 6.60. The van der Waals surface area contributed by atoms with E-state index in [9.17, 15) is 9.90 Å². The van der Waals surface area contributed by atoms with Gasteiger partial charge in [-0.25, -0.2) is 0 Å². The maximum atomic E-state index is 11.8. The largest absolute Gasteiger partial charge is 0.393 e. The lowest BCUT2D eigenvalue weighted by Crippen LogP contribution is -2.38. The van der Waals surface area contributed by atoms with Gasteiger partial charge in [-0.3, -0.25) is 9.78 Å². The molecule has 4 heteroatoms. The highest BCUT2D eigenvalue weighted by atomic mass is 16.3. The summed E-state index contributed by atoms with van der Waals surface area (Å²) < 4.78 is 0. The first-order chi connectivity index (χ1) is 8.74. The zero-order chi connectivity index (χ0) is 12.8. The number of nitrogens with zero attached hydrogens (tertiary/aromatic N) is 1. The summed E-state index contributed by atoms with van der Waals surface area (Å²) >= 11 is 0. The van der Waals surface area contributed by atoms with Gasteiger partial charge in [0.05, 0.1) is 6.10 Å². The number of hydrogen-bond donors (Lipinski definition) is 2. The number of rotatable bonds is 4. The second-order valence-electron chi connectivity index (χ2n) is 4.93. The van der Waals surface area contributed by atoms with Crippen molar-refractivity contribution in [1.29, 1.82) is 0 Å². The van der Waals surface area contributed by atoms with Crippen molar-refractivity contribution >= 4 is 5.91 Å². The molecule has 1 aliphatic rings. The first-order valence-corrected chi connectivity index (χ1v) is 6.60. The second kappa shape index (κ2) is 6.50. The molecule has 2 rings (SSSR count). The zero-order valence-electron chi connectivity index (χ0n) is 10.5. The molecule has 18 heavy (non-hydrogen) atoms. The highest BCUT2D eigenvalue weighted by Crippen LogP contribution is 2.18. The van der Waals surface area contributed by atoms with Gasteiger partial charge < -0.3 is 10.4 Å². The quantitative estimate of drug-likeness (QED) is 0.847. The van der Waals surface area contributed by atoms with Gasteiger partial charge in [0.25, 0.3) is 0 Å². The predicted molar refractivity (Wildman–Crippen MR) is 69.0 cm³/mol. The normalized spacial score (nSPS) is 23.6. The zero-order valence-corrected chi connectivity index (χ0v) is 10.5. The number of pyridine rings is 1. The Morgan fingerprint density at radius 3 is 2.83 bits per heavy atom. The minimum Gasteiger partial charge on any atom is -0.393 e. The number of hydrogen-bond acceptors (Lipinski definition) is 3. The van der Waals surface area contributed by atoms with Gasteiger partial charge in [0.1, 0.15) is 0 Å². The van der Waals surface area contributed by atoms with E-state index in [1.807, 2.05) is 12.1 Å². The van der Waals surface area contributed by atoms with E-state index in [0.717, 1.165) is 37.7 Å². The van der Waals surface area contributed by atoms with Crippen LogP contribution < -0.4 is 5.32 Å². The van der Waals surface area contributed by atoms with Gasteiger partial charge in [-0.2, -0.15) is 0 Å². The van der Waals surface area contributed by atoms with Crippen LogP contribution in [0, 0.1) is 0 Å². The Hall–Kier alpha value is -1.42. The summed E-state index contributed by atoms with van der Waals surface area (Å²) in [5.74, 6) is 0.0974. The summed E-state index contributed by atoms with van der Waals surface area (Å²) in [5.41, 5.74) is 1.09. The first kappa shape index (κ1) is 13.0. The van der Waals surface area contributed by atoms with Crippen LogP contribution in [-0.2, 0) is 11.2 Å². The number of carbonyl (C=O) groups excluding carboxylic acids is 1. The molecule has 1 saturated carbocycles. The monoisotopic (exact) mass is 248 g/mol. The molecule has 4 nitrogen and oxygen atoms in total. The number of aliphatic hydroxyl groups excluding tert-OH is 1. The van der Waals surface area contributed by atoms with Crippen LogP contribution in [0.1, 0.15) is 37.7 Å². The molecule has 1 fully saturated rings. The summed E-state index contributed by atoms with van der Waals surface area (Å²) in [6.07, 6.45) is 7.97. The minimum absolute atomic E-state index is 0.0974. The summed E-state index contributed by atoms with van der Waals surface area (Å²) in [5, 5.41) is 12.4. The van der Waals surface area contributed by atoms with Crippen molar-refractivity contribution in [2.24, 2.45) is 0 Å². The molecule has 0 aromatic carbocycles. The standard InChI is InChI=1S/C14H20N2O2/c17-13-6-4-12(5-7-13)16-14(18)8-3-11-2-1-9-15-10-11/h1-2,9-10,12-13,17H,3-8H2,(H,16,18). The molecule has 0 aliphatic heterocycles. The van der Waals surface area contributed by atoms with E-state index in [-0.39, 0.29) is 18.1 Å². The molecule has 1 aliphatic carbocycles. The van der Waals surface area contributed by atoms with E-state index in [1.54, 1.807) is 12.4 Å². The molecule has 1 amide bonds. The molecule has 0 atom stereocenters. The van der Waals surface area contributed by atoms with Crippen LogP contribution in [0.15, 0.2) is 24.5 Å². The topological polar surface area (TPSA) is 62.2 Å². The van der Waals surface area contributed by atoms with Crippen molar-refractivity contribution in [1.82, 2.24) is 10.3 Å². The average Bonchev–Trinajstić information content (AvgIpc) is 2.40. The number of amides is 1. The molecule has 98 valence electrons. The maximum absolute atomic E-state index is 11.8. The summed E-state index contributed by atoms with van der Waals surface area (Å²) in [6, 6.07) is 4.11. The van der Waals surface area contributed by atoms with E-state index in [0.29, 0.717) is 6.42 Å². The van der Waals surface area contributed by atoms with Crippen LogP contribution >= 0.6 is 0 Å². The summed E-state index contributed by atoms with van der Waals surface area (Å²) in [6.45, 7) is 0. The average molecular weight is 248 g/mol. The fraction of sp³-hybridized carbons (Fsp3) is 0.571. The molecule has 0 spiro atoms. The lowest BCUT2D eigenvalue weighted by atomic mass is 9.93. The van der Waals surface area contributed by atoms with Gasteiger partial charge in [0.15, 0.2) is 0 Å². The van der Waals surface area contributed by atoms with E-state index >= 15 is 0 Å². The SMILES string of the molecule is O=C(CCc1cccnc1)NC1CCC(O)CC1. The minimum atomic E-state index is -0.173. The Bertz CT molecular complexity index is 373. The van der Waals surface area contributed by atoms with Gasteiger partial charge in [0, 0.05) is 24.9 Å². The third kappa shape index (κ3) is 4.11. The van der Waals surface area contributed by atoms with Crippen LogP contribution in [-0.4, -0.2) is 28.1 Å². The second-order valence-corrected chi connectivity index (χ2v) is 4.93. The molecule has 0 bridgehead atoms. The Morgan fingerprint density at radius 2 is 2.17 bits per heavy atom. The smallest absolute Gasteiger partial charge is 0.220 e. The van der Waals surface area contributed by atoms with E-state index in [4.69, 9.17) is 0 Å². The third-order valence-corrected chi connectivity index (χ3v) is 3.43. The Morgan fingerprint density at radius 1 is 1.39 bits per heavy atom. The summed E-state index contributed by atoms with van der Waals surface area (Å²) in [4.78, 5) is 15.8. The predicted octanol–water partition coefficient (Wildman–Crippen LogP) is 1.43. The van der Waals surface area contributed by atoms with E-state index < -0.39 is 0 Å². The van der Waals surface area contributed by atoms with Crippen LogP contribution in [0.4, 0.5) is 0 Å². The van der Waals surface area contributed by atoms with Gasteiger partial charge in [-0.1, -0.05) is 6.07 Å². The van der Waals surface area contributed by atoms with Gasteiger partial charge in [-0.05, 0) is 43.7 Å². The molecule has 1 aromatic heterocycles. The Kier molecular flexibility index (Phi) is 4.70. The molecule has 1 heterocycles. The van der Waals surface area contributed by atoms with Crippen LogP contribution in [0.5, 0.6) is 0 Å². The molecule has 0 saturated heterocycles. The number of carbonyl (C=O) groups is 1. The fourth-order valence-corrected chi connectivity index (χ4v) is 2.32. The van der Waals surface area contributed by atoms with E-state index in [1.165, 1.54) is 0 Å². The number of aromatic nitrogens is 1. The van der Waals surface area contributed by atoms with Crippen molar-refractivity contribution in [2.75, 3.05) is 0 Å². The van der Waals surface area contributed by atoms with Crippen molar-refractivity contribution in [3.8, 4) is 0 Å². The molecular weight excluding hydrogens is 228 g/mol. The molecule has 1 aromatic rings. The highest BCUT2D eigenvalue weighted by molar-refractivity contribution is 5.76. The summed E-state index contributed by atoms with van der Waals surface area (Å²) in [7, 11) is 0. The lowest BCUT2D eigenvalue weighted by Gasteiger charge is -2.26.